The van der Waals surface area contributed by atoms with Crippen molar-refractivity contribution in [3.63, 3.8) is 0 Å². The molecule has 2 aromatic rings. The second-order valence-electron chi connectivity index (χ2n) is 6.07. The van der Waals surface area contributed by atoms with Gasteiger partial charge in [0.05, 0.1) is 11.4 Å². The van der Waals surface area contributed by atoms with Crippen molar-refractivity contribution in [1.82, 2.24) is 15.2 Å². The summed E-state index contributed by atoms with van der Waals surface area (Å²) in [5.41, 5.74) is 4.39. The van der Waals surface area contributed by atoms with Gasteiger partial charge in [0.1, 0.15) is 0 Å². The van der Waals surface area contributed by atoms with Crippen LogP contribution in [-0.2, 0) is 4.74 Å². The quantitative estimate of drug-likeness (QED) is 0.894. The van der Waals surface area contributed by atoms with Gasteiger partial charge in [-0.25, -0.2) is 0 Å². The smallest absolute Gasteiger partial charge is 0.176 e. The lowest BCUT2D eigenvalue weighted by atomic mass is 10.0. The lowest BCUT2D eigenvalue weighted by molar-refractivity contribution is 0.0133. The number of rotatable bonds is 5. The molecule has 0 saturated carbocycles. The molecule has 4 heteroatoms. The van der Waals surface area contributed by atoms with E-state index in [0.717, 1.165) is 17.0 Å². The van der Waals surface area contributed by atoms with Crippen LogP contribution in [0, 0.1) is 0 Å². The molecular formula is C20H23N3O. The summed E-state index contributed by atoms with van der Waals surface area (Å²) >= 11 is 0. The molecule has 1 aromatic carbocycles. The lowest BCUT2D eigenvalue weighted by Gasteiger charge is -2.29. The summed E-state index contributed by atoms with van der Waals surface area (Å²) in [7, 11) is 1.69. The average molecular weight is 321 g/mol. The molecule has 2 heterocycles. The molecular weight excluding hydrogens is 298 g/mol. The second kappa shape index (κ2) is 7.32. The minimum atomic E-state index is -0.255. The number of hydrogen-bond donors (Lipinski definition) is 1. The zero-order valence-electron chi connectivity index (χ0n) is 14.3. The molecule has 1 aromatic heterocycles. The number of benzene rings is 1. The summed E-state index contributed by atoms with van der Waals surface area (Å²) in [6, 6.07) is 14.5. The topological polar surface area (TPSA) is 37.4 Å². The van der Waals surface area contributed by atoms with Crippen LogP contribution >= 0.6 is 0 Å². The van der Waals surface area contributed by atoms with Crippen LogP contribution < -0.4 is 5.32 Å². The third kappa shape index (κ3) is 3.49. The highest BCUT2D eigenvalue weighted by Crippen LogP contribution is 2.26. The summed E-state index contributed by atoms with van der Waals surface area (Å²) in [6.07, 6.45) is 7.44. The zero-order chi connectivity index (χ0) is 16.9. The number of nitrogens with zero attached hydrogens (tertiary/aromatic N) is 2. The molecule has 0 radical (unpaired) electrons. The van der Waals surface area contributed by atoms with E-state index in [1.807, 2.05) is 41.7 Å². The summed E-state index contributed by atoms with van der Waals surface area (Å²) in [6.45, 7) is 4.40. The monoisotopic (exact) mass is 321 g/mol. The van der Waals surface area contributed by atoms with Gasteiger partial charge in [-0.2, -0.15) is 0 Å². The molecule has 124 valence electrons. The van der Waals surface area contributed by atoms with Crippen molar-refractivity contribution < 1.29 is 4.74 Å². The van der Waals surface area contributed by atoms with Crippen LogP contribution in [-0.4, -0.2) is 17.0 Å². The maximum Gasteiger partial charge on any atom is 0.176 e. The van der Waals surface area contributed by atoms with Crippen molar-refractivity contribution in [3.8, 4) is 0 Å². The second-order valence-corrected chi connectivity index (χ2v) is 6.07. The minimum Gasteiger partial charge on any atom is -0.359 e. The van der Waals surface area contributed by atoms with Crippen LogP contribution in [0.3, 0.4) is 0 Å². The summed E-state index contributed by atoms with van der Waals surface area (Å²) in [5, 5.41) is 3.31. The standard InChI is InChI=1S/C20H23N3O/c1-15(2)16-7-9-17(10-8-16)19-14-23(13-12-22-19)20(24-3)18-6-4-5-11-21-18/h4-15,20,22H,1-3H3. The van der Waals surface area contributed by atoms with Gasteiger partial charge in [-0.1, -0.05) is 44.2 Å². The third-order valence-electron chi connectivity index (χ3n) is 4.09. The average Bonchev–Trinajstić information content (AvgIpc) is 2.64. The molecule has 0 spiro atoms. The Morgan fingerprint density at radius 2 is 1.88 bits per heavy atom. The molecule has 3 rings (SSSR count). The van der Waals surface area contributed by atoms with Crippen molar-refractivity contribution >= 4 is 5.70 Å². The fourth-order valence-electron chi connectivity index (χ4n) is 2.71. The zero-order valence-corrected chi connectivity index (χ0v) is 14.3. The molecule has 1 atom stereocenters. The van der Waals surface area contributed by atoms with Crippen molar-refractivity contribution in [2.45, 2.75) is 26.0 Å². The third-order valence-corrected chi connectivity index (χ3v) is 4.09. The van der Waals surface area contributed by atoms with E-state index < -0.39 is 0 Å². The Balaban J connectivity index is 1.85. The Labute approximate surface area is 143 Å². The molecule has 24 heavy (non-hydrogen) atoms. The first-order valence-corrected chi connectivity index (χ1v) is 8.15. The maximum atomic E-state index is 5.65. The van der Waals surface area contributed by atoms with E-state index >= 15 is 0 Å². The van der Waals surface area contributed by atoms with Gasteiger partial charge >= 0.3 is 0 Å². The molecule has 0 bridgehead atoms. The normalized spacial score (nSPS) is 15.2. The number of ether oxygens (including phenoxy) is 1. The van der Waals surface area contributed by atoms with E-state index in [0.29, 0.717) is 5.92 Å². The fraction of sp³-hybridized carbons (Fsp3) is 0.250. The van der Waals surface area contributed by atoms with E-state index in [9.17, 15) is 0 Å². The van der Waals surface area contributed by atoms with Gasteiger partial charge in [-0.3, -0.25) is 4.98 Å². The molecule has 0 amide bonds. The first kappa shape index (κ1) is 16.3. The summed E-state index contributed by atoms with van der Waals surface area (Å²) < 4.78 is 5.65. The molecule has 0 aliphatic carbocycles. The molecule has 1 N–H and O–H groups in total. The number of pyridine rings is 1. The fourth-order valence-corrected chi connectivity index (χ4v) is 2.71. The summed E-state index contributed by atoms with van der Waals surface area (Å²) in [5.74, 6) is 0.533. The van der Waals surface area contributed by atoms with Gasteiger partial charge in [0.15, 0.2) is 6.23 Å². The first-order chi connectivity index (χ1) is 11.7. The van der Waals surface area contributed by atoms with Gasteiger partial charge in [-0.05, 0) is 29.2 Å². The van der Waals surface area contributed by atoms with Crippen LogP contribution in [0.2, 0.25) is 0 Å². The predicted molar refractivity (Wildman–Crippen MR) is 96.6 cm³/mol. The highest BCUT2D eigenvalue weighted by atomic mass is 16.5. The van der Waals surface area contributed by atoms with Gasteiger partial charge in [0.2, 0.25) is 0 Å². The van der Waals surface area contributed by atoms with Gasteiger partial charge in [0.25, 0.3) is 0 Å². The Kier molecular flexibility index (Phi) is 4.96. The van der Waals surface area contributed by atoms with Crippen LogP contribution in [0.1, 0.15) is 42.8 Å². The van der Waals surface area contributed by atoms with Crippen molar-refractivity contribution in [2.24, 2.45) is 0 Å². The van der Waals surface area contributed by atoms with Crippen LogP contribution in [0.5, 0.6) is 0 Å². The molecule has 1 aliphatic rings. The van der Waals surface area contributed by atoms with E-state index in [2.05, 4.69) is 48.4 Å². The Morgan fingerprint density at radius 1 is 1.08 bits per heavy atom. The minimum absolute atomic E-state index is 0.255. The van der Waals surface area contributed by atoms with Crippen molar-refractivity contribution in [3.05, 3.63) is 84.1 Å². The maximum absolute atomic E-state index is 5.65. The number of nitrogens with one attached hydrogen (secondary N) is 1. The number of hydrogen-bond acceptors (Lipinski definition) is 4. The first-order valence-electron chi connectivity index (χ1n) is 8.15. The Bertz CT molecular complexity index is 720. The van der Waals surface area contributed by atoms with E-state index in [4.69, 9.17) is 4.74 Å². The highest BCUT2D eigenvalue weighted by Gasteiger charge is 2.19. The van der Waals surface area contributed by atoms with Crippen LogP contribution in [0.4, 0.5) is 0 Å². The van der Waals surface area contributed by atoms with Gasteiger partial charge < -0.3 is 15.0 Å². The number of methoxy groups -OCH3 is 1. The van der Waals surface area contributed by atoms with E-state index in [1.54, 1.807) is 13.3 Å². The Hall–Kier alpha value is -2.59. The van der Waals surface area contributed by atoms with Crippen molar-refractivity contribution in [2.75, 3.05) is 7.11 Å². The SMILES string of the molecule is COC(c1ccccn1)N1C=CNC(c2ccc(C(C)C)cc2)=C1. The van der Waals surface area contributed by atoms with Crippen LogP contribution in [0.15, 0.2) is 67.3 Å². The molecule has 0 saturated heterocycles. The van der Waals surface area contributed by atoms with Crippen LogP contribution in [0.25, 0.3) is 5.70 Å². The molecule has 4 nitrogen and oxygen atoms in total. The largest absolute Gasteiger partial charge is 0.359 e. The summed E-state index contributed by atoms with van der Waals surface area (Å²) in [4.78, 5) is 6.42. The predicted octanol–water partition coefficient (Wildman–Crippen LogP) is 4.23. The highest BCUT2D eigenvalue weighted by molar-refractivity contribution is 5.65. The Morgan fingerprint density at radius 3 is 2.50 bits per heavy atom. The molecule has 0 fully saturated rings. The molecule has 1 aliphatic heterocycles. The van der Waals surface area contributed by atoms with Gasteiger partial charge in [-0.15, -0.1) is 0 Å². The lowest BCUT2D eigenvalue weighted by Crippen LogP contribution is -2.26. The number of aromatic nitrogens is 1. The van der Waals surface area contributed by atoms with Gasteiger partial charge in [0, 0.05) is 31.9 Å². The van der Waals surface area contributed by atoms with E-state index in [-0.39, 0.29) is 6.23 Å². The van der Waals surface area contributed by atoms with E-state index in [1.165, 1.54) is 5.56 Å². The molecule has 1 unspecified atom stereocenters. The van der Waals surface area contributed by atoms with Crippen molar-refractivity contribution in [1.29, 1.82) is 0 Å².